The predicted molar refractivity (Wildman–Crippen MR) is 318 cm³/mol. The molecule has 2 unspecified atom stereocenters. The summed E-state index contributed by atoms with van der Waals surface area (Å²) < 4.78 is 16.1. The lowest BCUT2D eigenvalue weighted by molar-refractivity contribution is 0.203. The molecular weight excluding hydrogens is 1030 g/mol. The summed E-state index contributed by atoms with van der Waals surface area (Å²) in [5, 5.41) is 1.54. The predicted octanol–water partition coefficient (Wildman–Crippen LogP) is 21.5. The van der Waals surface area contributed by atoms with Gasteiger partial charge in [0.2, 0.25) is 11.8 Å². The molecule has 2 atom stereocenters. The number of aromatic nitrogens is 2. The zero-order chi connectivity index (χ0) is 50.0. The molecule has 0 saturated heterocycles. The van der Waals surface area contributed by atoms with E-state index < -0.39 is 0 Å². The Morgan fingerprint density at radius 3 is 0.843 bits per heavy atom. The maximum atomic E-state index is 6.94. The van der Waals surface area contributed by atoms with Crippen molar-refractivity contribution >= 4 is 66.7 Å². The first-order chi connectivity index (χ1) is 34.4. The van der Waals surface area contributed by atoms with Crippen molar-refractivity contribution in [1.82, 2.24) is 9.97 Å². The van der Waals surface area contributed by atoms with E-state index in [-0.39, 0.29) is 0 Å². The molecule has 0 N–H and O–H groups in total. The summed E-state index contributed by atoms with van der Waals surface area (Å²) in [6.45, 7) is 10.6. The van der Waals surface area contributed by atoms with Crippen LogP contribution in [0.3, 0.4) is 0 Å². The van der Waals surface area contributed by atoms with Gasteiger partial charge in [-0.2, -0.15) is 0 Å². The third kappa shape index (κ3) is 32.2. The van der Waals surface area contributed by atoms with E-state index in [1.165, 1.54) is 257 Å². The van der Waals surface area contributed by atoms with Gasteiger partial charge in [-0.1, -0.05) is 259 Å². The second kappa shape index (κ2) is 44.1. The third-order valence-corrected chi connectivity index (χ3v) is 17.5. The second-order valence-electron chi connectivity index (χ2n) is 21.0. The van der Waals surface area contributed by atoms with Crippen LogP contribution in [-0.2, 0) is 0 Å². The van der Waals surface area contributed by atoms with Crippen molar-refractivity contribution in [3.05, 3.63) is 52.3 Å². The Bertz CT molecular complexity index is 1650. The zero-order valence-electron chi connectivity index (χ0n) is 45.6. The van der Waals surface area contributed by atoms with Gasteiger partial charge in [0.15, 0.2) is 0 Å². The summed E-state index contributed by atoms with van der Waals surface area (Å²) in [4.78, 5) is 13.0. The fourth-order valence-corrected chi connectivity index (χ4v) is 12.6. The van der Waals surface area contributed by atoms with Crippen molar-refractivity contribution in [1.29, 1.82) is 0 Å². The van der Waals surface area contributed by atoms with Crippen LogP contribution in [0.5, 0.6) is 11.8 Å². The van der Waals surface area contributed by atoms with Crippen LogP contribution in [0, 0.1) is 11.8 Å². The van der Waals surface area contributed by atoms with Crippen LogP contribution in [0.25, 0.3) is 12.2 Å². The van der Waals surface area contributed by atoms with Crippen molar-refractivity contribution in [3.8, 4) is 11.8 Å². The highest BCUT2D eigenvalue weighted by molar-refractivity contribution is 9.11. The van der Waals surface area contributed by atoms with Gasteiger partial charge in [-0.15, -0.1) is 22.7 Å². The zero-order valence-corrected chi connectivity index (χ0v) is 50.4. The van der Waals surface area contributed by atoms with E-state index in [0.29, 0.717) is 36.8 Å². The number of thiophene rings is 2. The number of nitrogens with zero attached hydrogens (tertiary/aromatic N) is 2. The highest BCUT2D eigenvalue weighted by Gasteiger charge is 2.17. The van der Waals surface area contributed by atoms with Gasteiger partial charge in [-0.3, -0.25) is 0 Å². The third-order valence-electron chi connectivity index (χ3n) is 14.4. The van der Waals surface area contributed by atoms with Crippen LogP contribution in [0.2, 0.25) is 0 Å². The molecule has 3 heterocycles. The molecule has 4 nitrogen and oxygen atoms in total. The molecule has 0 spiro atoms. The van der Waals surface area contributed by atoms with Crippen molar-refractivity contribution in [2.75, 3.05) is 13.2 Å². The fraction of sp³-hybridized carbons (Fsp3) is 0.774. The summed E-state index contributed by atoms with van der Waals surface area (Å²) in [5.41, 5.74) is 0. The Kier molecular flexibility index (Phi) is 39.7. The van der Waals surface area contributed by atoms with Gasteiger partial charge in [0, 0.05) is 9.75 Å². The molecule has 0 amide bonds. The molecule has 0 aliphatic heterocycles. The molecular formula is C62H104Br2N2O2S2. The molecule has 0 fully saturated rings. The van der Waals surface area contributed by atoms with Crippen LogP contribution < -0.4 is 20.2 Å². The van der Waals surface area contributed by atoms with E-state index in [1.54, 1.807) is 22.7 Å². The van der Waals surface area contributed by atoms with E-state index in [1.807, 2.05) is 0 Å². The molecule has 0 aromatic carbocycles. The van der Waals surface area contributed by atoms with Crippen molar-refractivity contribution in [2.45, 2.75) is 285 Å². The minimum absolute atomic E-state index is 0.513. The highest BCUT2D eigenvalue weighted by atomic mass is 79.9. The van der Waals surface area contributed by atoms with Crippen molar-refractivity contribution in [2.24, 2.45) is 11.8 Å². The van der Waals surface area contributed by atoms with Crippen molar-refractivity contribution in [3.63, 3.8) is 0 Å². The normalized spacial score (nSPS) is 13.2. The lowest BCUT2D eigenvalue weighted by Crippen LogP contribution is -2.28. The molecule has 400 valence electrons. The minimum Gasteiger partial charge on any atom is -0.476 e. The Balaban J connectivity index is 1.82. The topological polar surface area (TPSA) is 44.2 Å². The summed E-state index contributed by atoms with van der Waals surface area (Å²) in [5.74, 6) is 2.28. The van der Waals surface area contributed by atoms with E-state index in [0.717, 1.165) is 28.0 Å². The average molecular weight is 1130 g/mol. The van der Waals surface area contributed by atoms with Gasteiger partial charge in [0.05, 0.1) is 20.8 Å². The molecule has 3 rings (SSSR count). The van der Waals surface area contributed by atoms with Crippen LogP contribution in [-0.4, -0.2) is 23.2 Å². The summed E-state index contributed by atoms with van der Waals surface area (Å²) in [6, 6.07) is 8.56. The first-order valence-corrected chi connectivity index (χ1v) is 33.0. The molecule has 3 aromatic heterocycles. The molecule has 0 radical (unpaired) electrons. The van der Waals surface area contributed by atoms with Gasteiger partial charge >= 0.3 is 0 Å². The Labute approximate surface area is 456 Å². The quantitative estimate of drug-likeness (QED) is 0.0529. The molecule has 8 heteroatoms. The van der Waals surface area contributed by atoms with Gasteiger partial charge in [-0.05, 0) is 106 Å². The van der Waals surface area contributed by atoms with Gasteiger partial charge in [0.1, 0.15) is 10.7 Å². The standard InChI is InChI=1S/C62H104Br2N2O2S2/c1-5-9-13-17-21-25-27-31-35-39-43-53(41-37-33-29-23-19-15-11-7-3)51-67-61-57(49-55-45-47-59(63)69-55)66-62(58(65-61)50-56-46-48-60(64)70-56)68-52-54(42-38-34-30-24-20-16-12-8-4)44-40-36-32-28-26-22-18-14-10-6-2/h45-50,53-54H,5-44,51-52H2,1-4H3. The Morgan fingerprint density at radius 1 is 0.371 bits per heavy atom. The summed E-state index contributed by atoms with van der Waals surface area (Å²) in [7, 11) is 0. The smallest absolute Gasteiger partial charge is 0.240 e. The lowest BCUT2D eigenvalue weighted by Gasteiger charge is -2.19. The first-order valence-electron chi connectivity index (χ1n) is 29.8. The molecule has 0 bridgehead atoms. The Hall–Kier alpha value is -1.22. The van der Waals surface area contributed by atoms with E-state index in [4.69, 9.17) is 19.4 Å². The SMILES string of the molecule is CCCCCCCCCCCCC(CCCCCCCCCC)COc1nc(=Cc2ccc(Br)s2)c(OCC(CCCCCCCCCC)CCCCCCCCCCCC)nc1=Cc1ccc(Br)s1. The summed E-state index contributed by atoms with van der Waals surface area (Å²) >= 11 is 10.9. The maximum Gasteiger partial charge on any atom is 0.240 e. The molecule has 0 saturated carbocycles. The van der Waals surface area contributed by atoms with Crippen LogP contribution in [0.15, 0.2) is 31.8 Å². The van der Waals surface area contributed by atoms with Crippen LogP contribution in [0.1, 0.15) is 294 Å². The number of hydrogen-bond acceptors (Lipinski definition) is 6. The largest absolute Gasteiger partial charge is 0.476 e. The molecule has 70 heavy (non-hydrogen) atoms. The summed E-state index contributed by atoms with van der Waals surface area (Å²) in [6.07, 6.45) is 58.2. The highest BCUT2D eigenvalue weighted by Crippen LogP contribution is 2.26. The van der Waals surface area contributed by atoms with Crippen LogP contribution in [0.4, 0.5) is 0 Å². The molecule has 0 aliphatic carbocycles. The van der Waals surface area contributed by atoms with Crippen LogP contribution >= 0.6 is 54.5 Å². The van der Waals surface area contributed by atoms with Crippen molar-refractivity contribution < 1.29 is 9.47 Å². The van der Waals surface area contributed by atoms with E-state index in [2.05, 4.69) is 96.0 Å². The number of halogens is 2. The number of hydrogen-bond donors (Lipinski definition) is 0. The number of ether oxygens (including phenoxy) is 2. The minimum atomic E-state index is 0.513. The monoisotopic (exact) mass is 1130 g/mol. The average Bonchev–Trinajstić information content (AvgIpc) is 3.98. The molecule has 3 aromatic rings. The number of unbranched alkanes of at least 4 members (excludes halogenated alkanes) is 32. The van der Waals surface area contributed by atoms with Gasteiger partial charge in [0.25, 0.3) is 0 Å². The van der Waals surface area contributed by atoms with E-state index >= 15 is 0 Å². The first kappa shape index (κ1) is 63.1. The molecule has 0 aliphatic rings. The van der Waals surface area contributed by atoms with Gasteiger partial charge < -0.3 is 9.47 Å². The Morgan fingerprint density at radius 2 is 0.614 bits per heavy atom. The van der Waals surface area contributed by atoms with E-state index in [9.17, 15) is 0 Å². The second-order valence-corrected chi connectivity index (χ2v) is 26.0. The number of rotatable bonds is 48. The fourth-order valence-electron chi connectivity index (χ4n) is 9.90. The van der Waals surface area contributed by atoms with Gasteiger partial charge in [-0.25, -0.2) is 9.97 Å². The maximum absolute atomic E-state index is 6.94. The lowest BCUT2D eigenvalue weighted by atomic mass is 9.94.